The van der Waals surface area contributed by atoms with Crippen LogP contribution in [0.15, 0.2) is 28.2 Å². The van der Waals surface area contributed by atoms with Gasteiger partial charge in [-0.05, 0) is 24.3 Å². The fourth-order valence-electron chi connectivity index (χ4n) is 1.76. The minimum Gasteiger partial charge on any atom is -0.481 e. The maximum absolute atomic E-state index is 11.7. The highest BCUT2D eigenvalue weighted by Gasteiger charge is 2.10. The third-order valence-electron chi connectivity index (χ3n) is 2.76. The van der Waals surface area contributed by atoms with Crippen molar-refractivity contribution in [3.05, 3.63) is 29.5 Å². The molecule has 2 N–H and O–H groups in total. The van der Waals surface area contributed by atoms with Gasteiger partial charge < -0.3 is 14.8 Å². The normalized spacial score (nSPS) is 10.5. The molecule has 112 valence electrons. The van der Waals surface area contributed by atoms with E-state index in [1.165, 1.54) is 17.6 Å². The second kappa shape index (κ2) is 7.58. The molecule has 0 aliphatic rings. The predicted octanol–water partition coefficient (Wildman–Crippen LogP) is 2.32. The molecule has 7 heteroatoms. The number of nitrogens with zero attached hydrogens (tertiary/aromatic N) is 1. The number of oxazole rings is 1. The van der Waals surface area contributed by atoms with E-state index in [2.05, 4.69) is 10.3 Å². The zero-order chi connectivity index (χ0) is 15.1. The van der Waals surface area contributed by atoms with Crippen LogP contribution < -0.4 is 5.32 Å². The summed E-state index contributed by atoms with van der Waals surface area (Å²) in [6.45, 7) is 0.474. The molecule has 0 radical (unpaired) electrons. The summed E-state index contributed by atoms with van der Waals surface area (Å²) in [5, 5.41) is 13.2. The molecule has 0 unspecified atom stereocenters. The number of amides is 1. The molecule has 0 spiro atoms. The average Bonchev–Trinajstić information content (AvgIpc) is 3.08. The molecule has 0 aliphatic heterocycles. The Kier molecular flexibility index (Phi) is 5.51. The van der Waals surface area contributed by atoms with Crippen molar-refractivity contribution in [3.8, 4) is 10.8 Å². The van der Waals surface area contributed by atoms with Gasteiger partial charge in [0, 0.05) is 13.0 Å². The second-order valence-corrected chi connectivity index (χ2v) is 5.45. The summed E-state index contributed by atoms with van der Waals surface area (Å²) in [6, 6.07) is 3.82. The number of carbonyl (C=O) groups is 2. The van der Waals surface area contributed by atoms with Crippen LogP contribution in [0, 0.1) is 0 Å². The van der Waals surface area contributed by atoms with Gasteiger partial charge in [-0.1, -0.05) is 6.07 Å². The van der Waals surface area contributed by atoms with Gasteiger partial charge in [-0.2, -0.15) is 0 Å². The third-order valence-corrected chi connectivity index (χ3v) is 3.62. The Hall–Kier alpha value is -2.15. The van der Waals surface area contributed by atoms with E-state index in [1.807, 2.05) is 17.5 Å². The minimum atomic E-state index is -0.815. The lowest BCUT2D eigenvalue weighted by atomic mass is 10.2. The number of carboxylic acid groups (broad SMARTS) is 1. The van der Waals surface area contributed by atoms with Crippen LogP contribution in [-0.2, 0) is 16.0 Å². The highest BCUT2D eigenvalue weighted by Crippen LogP contribution is 2.23. The quantitative estimate of drug-likeness (QED) is 0.730. The largest absolute Gasteiger partial charge is 0.481 e. The summed E-state index contributed by atoms with van der Waals surface area (Å²) in [5.41, 5.74) is 0.585. The lowest BCUT2D eigenvalue weighted by Crippen LogP contribution is -2.26. The van der Waals surface area contributed by atoms with Crippen LogP contribution in [-0.4, -0.2) is 28.5 Å². The van der Waals surface area contributed by atoms with Gasteiger partial charge in [0.15, 0.2) is 0 Å². The number of carboxylic acids is 1. The molecule has 2 aromatic rings. The Balaban J connectivity index is 1.72. The highest BCUT2D eigenvalue weighted by atomic mass is 32.1. The van der Waals surface area contributed by atoms with Crippen LogP contribution in [0.1, 0.15) is 25.0 Å². The standard InChI is InChI=1S/C14H16N2O4S/c17-12(15-6-2-1-5-13(18)19)8-10-9-20-14(16-10)11-4-3-7-21-11/h3-4,7,9H,1-2,5-6,8H2,(H,15,17)(H,18,19). The summed E-state index contributed by atoms with van der Waals surface area (Å²) in [4.78, 5) is 27.2. The topological polar surface area (TPSA) is 92.4 Å². The number of hydrogen-bond donors (Lipinski definition) is 2. The predicted molar refractivity (Wildman–Crippen MR) is 78.0 cm³/mol. The number of aromatic nitrogens is 1. The van der Waals surface area contributed by atoms with Gasteiger partial charge in [0.05, 0.1) is 17.0 Å². The van der Waals surface area contributed by atoms with Gasteiger partial charge in [0.25, 0.3) is 0 Å². The number of unbranched alkanes of at least 4 members (excludes halogenated alkanes) is 1. The number of aliphatic carboxylic acids is 1. The molecule has 0 saturated heterocycles. The van der Waals surface area contributed by atoms with Crippen molar-refractivity contribution in [3.63, 3.8) is 0 Å². The summed E-state index contributed by atoms with van der Waals surface area (Å²) < 4.78 is 5.33. The molecule has 2 rings (SSSR count). The number of rotatable bonds is 8. The molecule has 21 heavy (non-hydrogen) atoms. The van der Waals surface area contributed by atoms with E-state index in [1.54, 1.807) is 0 Å². The first-order chi connectivity index (χ1) is 10.1. The lowest BCUT2D eigenvalue weighted by Gasteiger charge is -2.02. The van der Waals surface area contributed by atoms with Crippen LogP contribution in [0.2, 0.25) is 0 Å². The first-order valence-electron chi connectivity index (χ1n) is 6.62. The molecule has 0 atom stereocenters. The number of thiophene rings is 1. The fourth-order valence-corrected chi connectivity index (χ4v) is 2.41. The van der Waals surface area contributed by atoms with Gasteiger partial charge in [-0.3, -0.25) is 9.59 Å². The van der Waals surface area contributed by atoms with Crippen LogP contribution in [0.4, 0.5) is 0 Å². The molecular formula is C14H16N2O4S. The Morgan fingerprint density at radius 3 is 2.95 bits per heavy atom. The SMILES string of the molecule is O=C(O)CCCCNC(=O)Cc1coc(-c2cccs2)n1. The summed E-state index contributed by atoms with van der Waals surface area (Å²) in [6.07, 6.45) is 2.98. The first kappa shape index (κ1) is 15.2. The minimum absolute atomic E-state index is 0.128. The Bertz CT molecular complexity index is 592. The Labute approximate surface area is 125 Å². The van der Waals surface area contributed by atoms with E-state index >= 15 is 0 Å². The van der Waals surface area contributed by atoms with Crippen LogP contribution in [0.25, 0.3) is 10.8 Å². The molecule has 2 heterocycles. The van der Waals surface area contributed by atoms with Crippen molar-refractivity contribution in [2.24, 2.45) is 0 Å². The average molecular weight is 308 g/mol. The van der Waals surface area contributed by atoms with E-state index in [0.717, 1.165) is 4.88 Å². The van der Waals surface area contributed by atoms with Gasteiger partial charge in [0.1, 0.15) is 6.26 Å². The summed E-state index contributed by atoms with van der Waals surface area (Å²) in [7, 11) is 0. The van der Waals surface area contributed by atoms with Gasteiger partial charge in [-0.15, -0.1) is 11.3 Å². The molecule has 0 aliphatic carbocycles. The molecule has 0 aromatic carbocycles. The van der Waals surface area contributed by atoms with E-state index in [0.29, 0.717) is 31.0 Å². The van der Waals surface area contributed by atoms with Crippen molar-refractivity contribution in [1.29, 1.82) is 0 Å². The van der Waals surface area contributed by atoms with Crippen molar-refractivity contribution in [1.82, 2.24) is 10.3 Å². The monoisotopic (exact) mass is 308 g/mol. The summed E-state index contributed by atoms with van der Waals surface area (Å²) in [5.74, 6) is -0.435. The number of hydrogen-bond acceptors (Lipinski definition) is 5. The Morgan fingerprint density at radius 2 is 2.24 bits per heavy atom. The molecular weight excluding hydrogens is 292 g/mol. The lowest BCUT2D eigenvalue weighted by molar-refractivity contribution is -0.137. The smallest absolute Gasteiger partial charge is 0.303 e. The zero-order valence-electron chi connectivity index (χ0n) is 11.4. The van der Waals surface area contributed by atoms with Crippen LogP contribution in [0.3, 0.4) is 0 Å². The fraction of sp³-hybridized carbons (Fsp3) is 0.357. The van der Waals surface area contributed by atoms with Crippen LogP contribution >= 0.6 is 11.3 Å². The van der Waals surface area contributed by atoms with Crippen molar-refractivity contribution in [2.45, 2.75) is 25.7 Å². The molecule has 6 nitrogen and oxygen atoms in total. The second-order valence-electron chi connectivity index (χ2n) is 4.50. The molecule has 0 bridgehead atoms. The summed E-state index contributed by atoms with van der Waals surface area (Å²) >= 11 is 1.53. The van der Waals surface area contributed by atoms with Crippen molar-refractivity contribution >= 4 is 23.2 Å². The molecule has 0 saturated carbocycles. The highest BCUT2D eigenvalue weighted by molar-refractivity contribution is 7.13. The third kappa shape index (κ3) is 5.03. The van der Waals surface area contributed by atoms with E-state index in [4.69, 9.17) is 9.52 Å². The number of nitrogens with one attached hydrogen (secondary N) is 1. The molecule has 1 amide bonds. The van der Waals surface area contributed by atoms with Gasteiger partial charge in [-0.25, -0.2) is 4.98 Å². The molecule has 0 fully saturated rings. The Morgan fingerprint density at radius 1 is 1.38 bits per heavy atom. The maximum atomic E-state index is 11.7. The van der Waals surface area contributed by atoms with E-state index < -0.39 is 5.97 Å². The first-order valence-corrected chi connectivity index (χ1v) is 7.50. The van der Waals surface area contributed by atoms with E-state index in [9.17, 15) is 9.59 Å². The van der Waals surface area contributed by atoms with Crippen molar-refractivity contribution < 1.29 is 19.1 Å². The zero-order valence-corrected chi connectivity index (χ0v) is 12.2. The van der Waals surface area contributed by atoms with Gasteiger partial charge >= 0.3 is 5.97 Å². The van der Waals surface area contributed by atoms with Gasteiger partial charge in [0.2, 0.25) is 11.8 Å². The molecule has 2 aromatic heterocycles. The number of carbonyl (C=O) groups excluding carboxylic acids is 1. The maximum Gasteiger partial charge on any atom is 0.303 e. The van der Waals surface area contributed by atoms with Crippen LogP contribution in [0.5, 0.6) is 0 Å². The van der Waals surface area contributed by atoms with Crippen molar-refractivity contribution in [2.75, 3.05) is 6.54 Å². The van der Waals surface area contributed by atoms with E-state index in [-0.39, 0.29) is 18.7 Å².